The molecule has 0 aliphatic rings. The monoisotopic (exact) mass is 192 g/mol. The predicted octanol–water partition coefficient (Wildman–Crippen LogP) is 2.61. The molecule has 0 bridgehead atoms. The summed E-state index contributed by atoms with van der Waals surface area (Å²) in [5, 5.41) is 1.09. The van der Waals surface area contributed by atoms with Gasteiger partial charge >= 0.3 is 0 Å². The van der Waals surface area contributed by atoms with E-state index in [-0.39, 0.29) is 0 Å². The highest BCUT2D eigenvalue weighted by molar-refractivity contribution is 7.97. The first kappa shape index (κ1) is 9.99. The Labute approximate surface area is 82.4 Å². The summed E-state index contributed by atoms with van der Waals surface area (Å²) in [6, 6.07) is 7.91. The van der Waals surface area contributed by atoms with Gasteiger partial charge in [0, 0.05) is 11.6 Å². The fraction of sp³-hybridized carbons (Fsp3) is 0.200. The Morgan fingerprint density at radius 3 is 2.54 bits per heavy atom. The molecule has 1 aromatic heterocycles. The predicted molar refractivity (Wildman–Crippen MR) is 59.0 cm³/mol. The van der Waals surface area contributed by atoms with E-state index in [1.54, 1.807) is 18.1 Å². The van der Waals surface area contributed by atoms with Crippen molar-refractivity contribution in [2.24, 2.45) is 0 Å². The SMILES string of the molecule is CSC.c1ccc2ncncc2c1. The quantitative estimate of drug-likeness (QED) is 0.641. The molecule has 1 heterocycles. The maximum Gasteiger partial charge on any atom is 0.116 e. The number of hydrogen-bond acceptors (Lipinski definition) is 3. The van der Waals surface area contributed by atoms with E-state index in [1.807, 2.05) is 43.0 Å². The van der Waals surface area contributed by atoms with Gasteiger partial charge < -0.3 is 0 Å². The van der Waals surface area contributed by atoms with Gasteiger partial charge in [0.25, 0.3) is 0 Å². The summed E-state index contributed by atoms with van der Waals surface area (Å²) in [6.45, 7) is 0. The maximum atomic E-state index is 4.07. The average molecular weight is 192 g/mol. The van der Waals surface area contributed by atoms with Gasteiger partial charge in [-0.05, 0) is 18.6 Å². The highest BCUT2D eigenvalue weighted by Crippen LogP contribution is 2.06. The number of thioether (sulfide) groups is 1. The molecular weight excluding hydrogens is 180 g/mol. The molecule has 0 atom stereocenters. The number of hydrogen-bond donors (Lipinski definition) is 0. The lowest BCUT2D eigenvalue weighted by atomic mass is 10.2. The van der Waals surface area contributed by atoms with E-state index in [9.17, 15) is 0 Å². The Bertz CT molecular complexity index is 297. The molecule has 0 aliphatic heterocycles. The van der Waals surface area contributed by atoms with Crippen molar-refractivity contribution in [1.29, 1.82) is 0 Å². The Kier molecular flexibility index (Phi) is 4.26. The van der Waals surface area contributed by atoms with Gasteiger partial charge in [-0.25, -0.2) is 9.97 Å². The topological polar surface area (TPSA) is 25.8 Å². The van der Waals surface area contributed by atoms with Crippen LogP contribution >= 0.6 is 11.8 Å². The minimum absolute atomic E-state index is 0.998. The second-order valence-electron chi connectivity index (χ2n) is 2.49. The summed E-state index contributed by atoms with van der Waals surface area (Å²) in [7, 11) is 0. The van der Waals surface area contributed by atoms with Crippen LogP contribution in [0.2, 0.25) is 0 Å². The van der Waals surface area contributed by atoms with Gasteiger partial charge in [0.15, 0.2) is 0 Å². The summed E-state index contributed by atoms with van der Waals surface area (Å²) >= 11 is 1.75. The molecule has 0 saturated carbocycles. The smallest absolute Gasteiger partial charge is 0.116 e. The standard InChI is InChI=1S/C8H6N2.C2H6S/c1-2-4-8-7(3-1)5-9-6-10-8;1-3-2/h1-6H;1-2H3. The molecule has 0 radical (unpaired) electrons. The molecule has 0 fully saturated rings. The van der Waals surface area contributed by atoms with E-state index in [1.165, 1.54) is 0 Å². The zero-order valence-electron chi connectivity index (χ0n) is 7.77. The molecule has 1 aromatic carbocycles. The van der Waals surface area contributed by atoms with Crippen molar-refractivity contribution in [3.8, 4) is 0 Å². The first-order chi connectivity index (χ1) is 6.38. The minimum atomic E-state index is 0.998. The van der Waals surface area contributed by atoms with Crippen LogP contribution in [0.15, 0.2) is 36.8 Å². The molecule has 2 rings (SSSR count). The van der Waals surface area contributed by atoms with Crippen LogP contribution in [-0.4, -0.2) is 22.5 Å². The third kappa shape index (κ3) is 3.03. The lowest BCUT2D eigenvalue weighted by molar-refractivity contribution is 1.22. The van der Waals surface area contributed by atoms with Crippen molar-refractivity contribution in [3.63, 3.8) is 0 Å². The summed E-state index contributed by atoms with van der Waals surface area (Å²) < 4.78 is 0. The summed E-state index contributed by atoms with van der Waals surface area (Å²) in [5.74, 6) is 0. The Balaban J connectivity index is 0.000000251. The van der Waals surface area contributed by atoms with Crippen LogP contribution in [-0.2, 0) is 0 Å². The molecule has 0 aliphatic carbocycles. The number of rotatable bonds is 0. The highest BCUT2D eigenvalue weighted by Gasteiger charge is 1.87. The molecule has 0 saturated heterocycles. The fourth-order valence-electron chi connectivity index (χ4n) is 0.923. The molecule has 0 unspecified atom stereocenters. The van der Waals surface area contributed by atoms with Gasteiger partial charge in [0.05, 0.1) is 5.52 Å². The van der Waals surface area contributed by atoms with Crippen molar-refractivity contribution in [3.05, 3.63) is 36.8 Å². The molecular formula is C10H12N2S. The van der Waals surface area contributed by atoms with Crippen LogP contribution in [0, 0.1) is 0 Å². The zero-order valence-corrected chi connectivity index (χ0v) is 8.58. The molecule has 68 valence electrons. The average Bonchev–Trinajstić information content (AvgIpc) is 2.19. The highest BCUT2D eigenvalue weighted by atomic mass is 32.2. The minimum Gasteiger partial charge on any atom is -0.244 e. The lowest BCUT2D eigenvalue weighted by Crippen LogP contribution is -1.77. The normalized spacial score (nSPS) is 9.08. The van der Waals surface area contributed by atoms with Crippen LogP contribution in [0.4, 0.5) is 0 Å². The second-order valence-corrected chi connectivity index (χ2v) is 3.31. The molecule has 2 nitrogen and oxygen atoms in total. The van der Waals surface area contributed by atoms with E-state index in [4.69, 9.17) is 0 Å². The number of para-hydroxylation sites is 1. The molecule has 0 spiro atoms. The zero-order chi connectivity index (χ0) is 9.52. The van der Waals surface area contributed by atoms with E-state index < -0.39 is 0 Å². The fourth-order valence-corrected chi connectivity index (χ4v) is 0.923. The van der Waals surface area contributed by atoms with Crippen molar-refractivity contribution < 1.29 is 0 Å². The van der Waals surface area contributed by atoms with E-state index in [2.05, 4.69) is 9.97 Å². The van der Waals surface area contributed by atoms with Gasteiger partial charge in [0.1, 0.15) is 6.33 Å². The van der Waals surface area contributed by atoms with Gasteiger partial charge in [0.2, 0.25) is 0 Å². The summed E-state index contributed by atoms with van der Waals surface area (Å²) in [5.41, 5.74) is 0.998. The summed E-state index contributed by atoms with van der Waals surface area (Å²) in [4.78, 5) is 7.97. The van der Waals surface area contributed by atoms with Crippen molar-refractivity contribution >= 4 is 22.7 Å². The van der Waals surface area contributed by atoms with Crippen LogP contribution in [0.25, 0.3) is 10.9 Å². The Hall–Kier alpha value is -1.09. The third-order valence-electron chi connectivity index (χ3n) is 1.41. The maximum absolute atomic E-state index is 4.07. The number of fused-ring (bicyclic) bond motifs is 1. The third-order valence-corrected chi connectivity index (χ3v) is 1.41. The number of benzene rings is 1. The van der Waals surface area contributed by atoms with E-state index >= 15 is 0 Å². The number of aromatic nitrogens is 2. The lowest BCUT2D eigenvalue weighted by Gasteiger charge is -1.90. The van der Waals surface area contributed by atoms with Crippen molar-refractivity contribution in [1.82, 2.24) is 9.97 Å². The van der Waals surface area contributed by atoms with Crippen LogP contribution < -0.4 is 0 Å². The van der Waals surface area contributed by atoms with Gasteiger partial charge in [-0.1, -0.05) is 18.2 Å². The van der Waals surface area contributed by atoms with Crippen LogP contribution in [0.3, 0.4) is 0 Å². The van der Waals surface area contributed by atoms with Crippen molar-refractivity contribution in [2.45, 2.75) is 0 Å². The van der Waals surface area contributed by atoms with Gasteiger partial charge in [-0.15, -0.1) is 0 Å². The molecule has 2 aromatic rings. The van der Waals surface area contributed by atoms with Gasteiger partial charge in [-0.2, -0.15) is 11.8 Å². The molecule has 0 amide bonds. The van der Waals surface area contributed by atoms with Gasteiger partial charge in [-0.3, -0.25) is 0 Å². The van der Waals surface area contributed by atoms with E-state index in [0.717, 1.165) is 10.9 Å². The Morgan fingerprint density at radius 1 is 1.15 bits per heavy atom. The molecule has 13 heavy (non-hydrogen) atoms. The number of nitrogens with zero attached hydrogens (tertiary/aromatic N) is 2. The van der Waals surface area contributed by atoms with Crippen LogP contribution in [0.1, 0.15) is 0 Å². The van der Waals surface area contributed by atoms with E-state index in [0.29, 0.717) is 0 Å². The Morgan fingerprint density at radius 2 is 1.85 bits per heavy atom. The first-order valence-corrected chi connectivity index (χ1v) is 5.56. The van der Waals surface area contributed by atoms with Crippen LogP contribution in [0.5, 0.6) is 0 Å². The molecule has 0 N–H and O–H groups in total. The van der Waals surface area contributed by atoms with Crippen molar-refractivity contribution in [2.75, 3.05) is 12.5 Å². The summed E-state index contributed by atoms with van der Waals surface area (Å²) in [6.07, 6.45) is 7.45. The largest absolute Gasteiger partial charge is 0.244 e. The molecule has 3 heteroatoms. The second kappa shape index (κ2) is 5.54. The first-order valence-electron chi connectivity index (χ1n) is 3.93.